The number of amides is 1. The summed E-state index contributed by atoms with van der Waals surface area (Å²) in [4.78, 5) is 12.3. The zero-order valence-corrected chi connectivity index (χ0v) is 16.6. The molecule has 0 heterocycles. The van der Waals surface area contributed by atoms with Gasteiger partial charge in [0.1, 0.15) is 5.75 Å². The summed E-state index contributed by atoms with van der Waals surface area (Å²) in [6.07, 6.45) is 1.06. The lowest BCUT2D eigenvalue weighted by Crippen LogP contribution is -2.26. The van der Waals surface area contributed by atoms with Crippen LogP contribution < -0.4 is 19.5 Å². The second kappa shape index (κ2) is 10.5. The molecule has 1 atom stereocenters. The van der Waals surface area contributed by atoms with Crippen molar-refractivity contribution >= 4 is 5.91 Å². The van der Waals surface area contributed by atoms with Crippen LogP contribution in [0.2, 0.25) is 0 Å². The minimum Gasteiger partial charge on any atom is -0.497 e. The highest BCUT2D eigenvalue weighted by Gasteiger charge is 2.11. The summed E-state index contributed by atoms with van der Waals surface area (Å²) in [7, 11) is 1.64. The van der Waals surface area contributed by atoms with Crippen molar-refractivity contribution < 1.29 is 19.0 Å². The second-order valence-electron chi connectivity index (χ2n) is 6.21. The number of hydrogen-bond acceptors (Lipinski definition) is 4. The molecule has 0 aliphatic carbocycles. The molecule has 0 aliphatic heterocycles. The van der Waals surface area contributed by atoms with Gasteiger partial charge in [0, 0.05) is 6.42 Å². The van der Waals surface area contributed by atoms with E-state index in [1.807, 2.05) is 63.2 Å². The maximum absolute atomic E-state index is 12.3. The molecule has 0 fully saturated rings. The van der Waals surface area contributed by atoms with Gasteiger partial charge in [-0.15, -0.1) is 0 Å². The Morgan fingerprint density at radius 3 is 2.30 bits per heavy atom. The van der Waals surface area contributed by atoms with Crippen LogP contribution in [0.25, 0.3) is 0 Å². The van der Waals surface area contributed by atoms with Crippen LogP contribution >= 0.6 is 0 Å². The summed E-state index contributed by atoms with van der Waals surface area (Å²) in [6.45, 7) is 7.02. The Balaban J connectivity index is 1.91. The molecule has 0 aromatic heterocycles. The summed E-state index contributed by atoms with van der Waals surface area (Å²) in [5.74, 6) is 2.28. The zero-order chi connectivity index (χ0) is 19.6. The minimum absolute atomic E-state index is 0.0187. The van der Waals surface area contributed by atoms with Gasteiger partial charge in [0.15, 0.2) is 11.5 Å². The number of carbonyl (C=O) groups excluding carboxylic acids is 1. The molecule has 27 heavy (non-hydrogen) atoms. The van der Waals surface area contributed by atoms with E-state index in [2.05, 4.69) is 5.32 Å². The van der Waals surface area contributed by atoms with Gasteiger partial charge in [0.25, 0.3) is 0 Å². The van der Waals surface area contributed by atoms with Crippen LogP contribution in [0.15, 0.2) is 42.5 Å². The van der Waals surface area contributed by atoms with Gasteiger partial charge in [-0.2, -0.15) is 0 Å². The SMILES string of the molecule is CCOc1ccc(CCC(=O)N[C@H](C)c2ccc(OC)cc2)cc1OCC. The highest BCUT2D eigenvalue weighted by atomic mass is 16.5. The van der Waals surface area contributed by atoms with E-state index in [9.17, 15) is 4.79 Å². The predicted octanol–water partition coefficient (Wildman–Crippen LogP) is 4.30. The van der Waals surface area contributed by atoms with Crippen LogP contribution in [0, 0.1) is 0 Å². The highest BCUT2D eigenvalue weighted by molar-refractivity contribution is 5.76. The van der Waals surface area contributed by atoms with Gasteiger partial charge < -0.3 is 19.5 Å². The van der Waals surface area contributed by atoms with Gasteiger partial charge in [0.05, 0.1) is 26.4 Å². The molecule has 0 saturated heterocycles. The first-order valence-electron chi connectivity index (χ1n) is 9.39. The molecule has 2 aromatic carbocycles. The third-order valence-electron chi connectivity index (χ3n) is 4.24. The van der Waals surface area contributed by atoms with Crippen LogP contribution in [0.5, 0.6) is 17.2 Å². The molecule has 0 spiro atoms. The Kier molecular flexibility index (Phi) is 7.99. The fourth-order valence-corrected chi connectivity index (χ4v) is 2.80. The largest absolute Gasteiger partial charge is 0.497 e. The molecule has 0 saturated carbocycles. The normalized spacial score (nSPS) is 11.6. The molecule has 2 rings (SSSR count). The molecule has 1 N–H and O–H groups in total. The number of carbonyl (C=O) groups is 1. The predicted molar refractivity (Wildman–Crippen MR) is 107 cm³/mol. The van der Waals surface area contributed by atoms with Crippen molar-refractivity contribution in [2.75, 3.05) is 20.3 Å². The van der Waals surface area contributed by atoms with Crippen molar-refractivity contribution in [3.63, 3.8) is 0 Å². The van der Waals surface area contributed by atoms with E-state index in [-0.39, 0.29) is 11.9 Å². The molecule has 0 bridgehead atoms. The molecule has 0 unspecified atom stereocenters. The van der Waals surface area contributed by atoms with Gasteiger partial charge >= 0.3 is 0 Å². The first-order chi connectivity index (χ1) is 13.1. The number of nitrogens with one attached hydrogen (secondary N) is 1. The Labute approximate surface area is 161 Å². The monoisotopic (exact) mass is 371 g/mol. The molecule has 0 aliphatic rings. The molecule has 2 aromatic rings. The maximum Gasteiger partial charge on any atom is 0.220 e. The van der Waals surface area contributed by atoms with Gasteiger partial charge in [-0.1, -0.05) is 18.2 Å². The van der Waals surface area contributed by atoms with E-state index in [0.717, 1.165) is 28.4 Å². The van der Waals surface area contributed by atoms with E-state index < -0.39 is 0 Å². The molecule has 5 nitrogen and oxygen atoms in total. The first-order valence-corrected chi connectivity index (χ1v) is 9.39. The maximum atomic E-state index is 12.3. The zero-order valence-electron chi connectivity index (χ0n) is 16.6. The average molecular weight is 371 g/mol. The molecule has 5 heteroatoms. The summed E-state index contributed by atoms with van der Waals surface area (Å²) in [5.41, 5.74) is 2.10. The molecular formula is C22H29NO4. The van der Waals surface area contributed by atoms with Crippen molar-refractivity contribution in [2.24, 2.45) is 0 Å². The van der Waals surface area contributed by atoms with Crippen molar-refractivity contribution in [1.29, 1.82) is 0 Å². The third kappa shape index (κ3) is 6.20. The second-order valence-corrected chi connectivity index (χ2v) is 6.21. The van der Waals surface area contributed by atoms with Gasteiger partial charge in [0.2, 0.25) is 5.91 Å². The summed E-state index contributed by atoms with van der Waals surface area (Å²) in [5, 5.41) is 3.04. The first kappa shape index (κ1) is 20.6. The number of aryl methyl sites for hydroxylation is 1. The molecule has 0 radical (unpaired) electrons. The minimum atomic E-state index is -0.0530. The molecule has 1 amide bonds. The highest BCUT2D eigenvalue weighted by Crippen LogP contribution is 2.29. The fraction of sp³-hybridized carbons (Fsp3) is 0.409. The third-order valence-corrected chi connectivity index (χ3v) is 4.24. The van der Waals surface area contributed by atoms with Crippen molar-refractivity contribution in [2.45, 2.75) is 39.7 Å². The summed E-state index contributed by atoms with van der Waals surface area (Å²) in [6, 6.07) is 13.5. The summed E-state index contributed by atoms with van der Waals surface area (Å²) >= 11 is 0. The molecule has 146 valence electrons. The van der Waals surface area contributed by atoms with Crippen molar-refractivity contribution in [1.82, 2.24) is 5.32 Å². The lowest BCUT2D eigenvalue weighted by Gasteiger charge is -2.15. The van der Waals surface area contributed by atoms with Gasteiger partial charge in [-0.05, 0) is 62.6 Å². The quantitative estimate of drug-likeness (QED) is 0.676. The van der Waals surface area contributed by atoms with Crippen LogP contribution in [0.4, 0.5) is 0 Å². The van der Waals surface area contributed by atoms with E-state index >= 15 is 0 Å². The molecular weight excluding hydrogens is 342 g/mol. The Hall–Kier alpha value is -2.69. The topological polar surface area (TPSA) is 56.8 Å². The van der Waals surface area contributed by atoms with Crippen LogP contribution in [0.1, 0.15) is 44.4 Å². The Bertz CT molecular complexity index is 728. The van der Waals surface area contributed by atoms with Crippen molar-refractivity contribution in [3.05, 3.63) is 53.6 Å². The average Bonchev–Trinajstić information content (AvgIpc) is 2.68. The van der Waals surface area contributed by atoms with Crippen molar-refractivity contribution in [3.8, 4) is 17.2 Å². The van der Waals surface area contributed by atoms with Gasteiger partial charge in [-0.3, -0.25) is 4.79 Å². The summed E-state index contributed by atoms with van der Waals surface area (Å²) < 4.78 is 16.4. The standard InChI is InChI=1S/C22H29NO4/c1-5-26-20-13-7-17(15-21(20)27-6-2)8-14-22(24)23-16(3)18-9-11-19(25-4)12-10-18/h7,9-13,15-16H,5-6,8,14H2,1-4H3,(H,23,24)/t16-/m1/s1. The number of rotatable bonds is 10. The smallest absolute Gasteiger partial charge is 0.220 e. The lowest BCUT2D eigenvalue weighted by atomic mass is 10.1. The van der Waals surface area contributed by atoms with E-state index in [0.29, 0.717) is 26.1 Å². The lowest BCUT2D eigenvalue weighted by molar-refractivity contribution is -0.121. The Morgan fingerprint density at radius 1 is 1.00 bits per heavy atom. The van der Waals surface area contributed by atoms with Crippen LogP contribution in [-0.4, -0.2) is 26.2 Å². The fourth-order valence-electron chi connectivity index (χ4n) is 2.80. The van der Waals surface area contributed by atoms with E-state index in [4.69, 9.17) is 14.2 Å². The number of methoxy groups -OCH3 is 1. The number of benzene rings is 2. The number of ether oxygens (including phenoxy) is 3. The van der Waals surface area contributed by atoms with E-state index in [1.165, 1.54) is 0 Å². The van der Waals surface area contributed by atoms with Crippen LogP contribution in [0.3, 0.4) is 0 Å². The number of hydrogen-bond donors (Lipinski definition) is 1. The van der Waals surface area contributed by atoms with Crippen LogP contribution in [-0.2, 0) is 11.2 Å². The van der Waals surface area contributed by atoms with E-state index in [1.54, 1.807) is 7.11 Å². The Morgan fingerprint density at radius 2 is 1.67 bits per heavy atom. The van der Waals surface area contributed by atoms with Gasteiger partial charge in [-0.25, -0.2) is 0 Å².